The zero-order valence-corrected chi connectivity index (χ0v) is 14.7. The summed E-state index contributed by atoms with van der Waals surface area (Å²) in [6, 6.07) is 13.4. The van der Waals surface area contributed by atoms with Crippen molar-refractivity contribution in [3.8, 4) is 11.5 Å². The van der Waals surface area contributed by atoms with Gasteiger partial charge >= 0.3 is 0 Å². The van der Waals surface area contributed by atoms with Gasteiger partial charge in [-0.25, -0.2) is 0 Å². The Labute approximate surface area is 152 Å². The molecule has 1 aliphatic heterocycles. The highest BCUT2D eigenvalue weighted by Crippen LogP contribution is 2.43. The third kappa shape index (κ3) is 3.22. The summed E-state index contributed by atoms with van der Waals surface area (Å²) in [6.07, 6.45) is 0.382. The van der Waals surface area contributed by atoms with Crippen molar-refractivity contribution in [3.63, 3.8) is 0 Å². The summed E-state index contributed by atoms with van der Waals surface area (Å²) in [6.45, 7) is 0. The molecule has 1 saturated heterocycles. The van der Waals surface area contributed by atoms with Gasteiger partial charge in [-0.05, 0) is 36.8 Å². The summed E-state index contributed by atoms with van der Waals surface area (Å²) in [5.74, 6) is -0.943. The van der Waals surface area contributed by atoms with Gasteiger partial charge in [-0.1, -0.05) is 18.2 Å². The Morgan fingerprint density at radius 1 is 1.08 bits per heavy atom. The topological polar surface area (TPSA) is 78.9 Å². The molecule has 2 atom stereocenters. The number of hydrogen-bond acceptors (Lipinski definition) is 5. The van der Waals surface area contributed by atoms with Crippen LogP contribution in [0.4, 0.5) is 5.69 Å². The number of anilines is 1. The number of nitrogens with zero attached hydrogens (tertiary/aromatic N) is 1. The van der Waals surface area contributed by atoms with Gasteiger partial charge < -0.3 is 24.3 Å². The fourth-order valence-corrected chi connectivity index (χ4v) is 3.45. The molecule has 2 aromatic carbocycles. The van der Waals surface area contributed by atoms with Crippen LogP contribution in [-0.2, 0) is 9.59 Å². The van der Waals surface area contributed by atoms with Crippen LogP contribution in [0.15, 0.2) is 48.5 Å². The zero-order valence-electron chi connectivity index (χ0n) is 14.7. The Morgan fingerprint density at radius 2 is 1.77 bits per heavy atom. The summed E-state index contributed by atoms with van der Waals surface area (Å²) in [5.41, 5.74) is 1.26. The van der Waals surface area contributed by atoms with E-state index < -0.39 is 17.9 Å². The largest absolute Gasteiger partial charge is 0.550 e. The zero-order chi connectivity index (χ0) is 18.7. The van der Waals surface area contributed by atoms with Crippen molar-refractivity contribution >= 4 is 17.6 Å². The third-order valence-electron chi connectivity index (χ3n) is 4.71. The van der Waals surface area contributed by atoms with E-state index in [1.807, 2.05) is 0 Å². The first kappa shape index (κ1) is 17.8. The van der Waals surface area contributed by atoms with E-state index in [0.29, 0.717) is 22.7 Å². The van der Waals surface area contributed by atoms with Crippen LogP contribution in [0, 0.1) is 5.92 Å². The number of benzene rings is 2. The van der Waals surface area contributed by atoms with Crippen molar-refractivity contribution in [1.29, 1.82) is 0 Å². The third-order valence-corrected chi connectivity index (χ3v) is 4.71. The van der Waals surface area contributed by atoms with Gasteiger partial charge in [0.2, 0.25) is 5.91 Å². The van der Waals surface area contributed by atoms with E-state index in [4.69, 9.17) is 9.47 Å². The molecule has 3 rings (SSSR count). The van der Waals surface area contributed by atoms with Gasteiger partial charge in [0.15, 0.2) is 0 Å². The van der Waals surface area contributed by atoms with Gasteiger partial charge in [0, 0.05) is 29.6 Å². The fraction of sp³-hybridized carbons (Fsp3) is 0.300. The predicted octanol–water partition coefficient (Wildman–Crippen LogP) is 1.94. The van der Waals surface area contributed by atoms with Crippen LogP contribution in [0.2, 0.25) is 0 Å². The highest BCUT2D eigenvalue weighted by atomic mass is 16.5. The maximum atomic E-state index is 12.7. The Morgan fingerprint density at radius 3 is 2.38 bits per heavy atom. The summed E-state index contributed by atoms with van der Waals surface area (Å²) >= 11 is 0. The van der Waals surface area contributed by atoms with Crippen molar-refractivity contribution in [1.82, 2.24) is 0 Å². The molecule has 6 heteroatoms. The molecule has 6 nitrogen and oxygen atoms in total. The second-order valence-corrected chi connectivity index (χ2v) is 6.11. The summed E-state index contributed by atoms with van der Waals surface area (Å²) < 4.78 is 10.6. The lowest BCUT2D eigenvalue weighted by molar-refractivity contribution is -0.312. The van der Waals surface area contributed by atoms with E-state index in [-0.39, 0.29) is 18.7 Å². The number of amides is 1. The number of para-hydroxylation sites is 1. The highest BCUT2D eigenvalue weighted by molar-refractivity contribution is 5.96. The minimum Gasteiger partial charge on any atom is -0.550 e. The van der Waals surface area contributed by atoms with E-state index in [0.717, 1.165) is 0 Å². The van der Waals surface area contributed by atoms with Gasteiger partial charge in [0.1, 0.15) is 11.5 Å². The number of carboxylic acid groups (broad SMARTS) is 1. The number of aliphatic carboxylic acids is 1. The molecule has 0 bridgehead atoms. The average Bonchev–Trinajstić information content (AvgIpc) is 2.67. The molecule has 1 amide bonds. The maximum Gasteiger partial charge on any atom is 0.227 e. The van der Waals surface area contributed by atoms with Crippen molar-refractivity contribution in [2.45, 2.75) is 18.9 Å². The van der Waals surface area contributed by atoms with Crippen molar-refractivity contribution in [2.75, 3.05) is 19.1 Å². The van der Waals surface area contributed by atoms with Crippen molar-refractivity contribution < 1.29 is 24.2 Å². The molecule has 1 aliphatic rings. The molecule has 0 unspecified atom stereocenters. The first-order valence-electron chi connectivity index (χ1n) is 8.36. The number of carbonyl (C=O) groups excluding carboxylic acids is 2. The van der Waals surface area contributed by atoms with E-state index in [9.17, 15) is 14.7 Å². The second-order valence-electron chi connectivity index (χ2n) is 6.11. The normalized spacial score (nSPS) is 19.9. The summed E-state index contributed by atoms with van der Waals surface area (Å²) in [4.78, 5) is 26.1. The number of rotatable bonds is 5. The van der Waals surface area contributed by atoms with E-state index in [2.05, 4.69) is 0 Å². The molecule has 1 fully saturated rings. The monoisotopic (exact) mass is 354 g/mol. The lowest BCUT2D eigenvalue weighted by Gasteiger charge is -2.42. The molecule has 0 spiro atoms. The Bertz CT molecular complexity index is 802. The molecule has 26 heavy (non-hydrogen) atoms. The molecule has 0 saturated carbocycles. The quantitative estimate of drug-likeness (QED) is 0.820. The molecule has 0 aliphatic carbocycles. The first-order valence-corrected chi connectivity index (χ1v) is 8.36. The maximum absolute atomic E-state index is 12.7. The van der Waals surface area contributed by atoms with E-state index in [1.54, 1.807) is 55.6 Å². The van der Waals surface area contributed by atoms with Gasteiger partial charge in [0.05, 0.1) is 20.3 Å². The number of hydrogen-bond donors (Lipinski definition) is 0. The van der Waals surface area contributed by atoms with Crippen LogP contribution in [0.3, 0.4) is 0 Å². The number of ether oxygens (including phenoxy) is 2. The molecule has 2 aromatic rings. The number of piperidine rings is 1. The average molecular weight is 354 g/mol. The standard InChI is InChI=1S/C20H21NO5/c1-25-14-9-7-13(8-10-14)21-18(22)12-11-16(20(23)24)19(21)15-5-3-4-6-17(15)26-2/h3-10,16,19H,11-12H2,1-2H3,(H,23,24)/p-1/t16-,19-/m0/s1. The molecule has 0 N–H and O–H groups in total. The van der Waals surface area contributed by atoms with Crippen LogP contribution in [0.5, 0.6) is 11.5 Å². The Kier molecular flexibility index (Phi) is 5.11. The second kappa shape index (κ2) is 7.47. The summed E-state index contributed by atoms with van der Waals surface area (Å²) in [7, 11) is 3.08. The van der Waals surface area contributed by atoms with E-state index in [1.165, 1.54) is 12.0 Å². The lowest BCUT2D eigenvalue weighted by Crippen LogP contribution is -2.49. The molecule has 1 heterocycles. The Balaban J connectivity index is 2.13. The molecular formula is C20H20NO5-. The van der Waals surface area contributed by atoms with Crippen LogP contribution in [0.1, 0.15) is 24.4 Å². The van der Waals surface area contributed by atoms with Gasteiger partial charge in [-0.15, -0.1) is 0 Å². The fourth-order valence-electron chi connectivity index (χ4n) is 3.45. The highest BCUT2D eigenvalue weighted by Gasteiger charge is 2.39. The first-order chi connectivity index (χ1) is 12.6. The van der Waals surface area contributed by atoms with Crippen LogP contribution in [-0.4, -0.2) is 26.1 Å². The minimum atomic E-state index is -1.17. The number of carboxylic acids is 1. The molecular weight excluding hydrogens is 334 g/mol. The minimum absolute atomic E-state index is 0.136. The molecule has 0 radical (unpaired) electrons. The Hall–Kier alpha value is -3.02. The summed E-state index contributed by atoms with van der Waals surface area (Å²) in [5, 5.41) is 11.8. The van der Waals surface area contributed by atoms with Gasteiger partial charge in [-0.3, -0.25) is 4.79 Å². The van der Waals surface area contributed by atoms with Gasteiger partial charge in [-0.2, -0.15) is 0 Å². The molecule has 136 valence electrons. The van der Waals surface area contributed by atoms with Gasteiger partial charge in [0.25, 0.3) is 0 Å². The van der Waals surface area contributed by atoms with Crippen LogP contribution >= 0.6 is 0 Å². The number of methoxy groups -OCH3 is 2. The smallest absolute Gasteiger partial charge is 0.227 e. The van der Waals surface area contributed by atoms with Crippen LogP contribution < -0.4 is 19.5 Å². The van der Waals surface area contributed by atoms with Crippen LogP contribution in [0.25, 0.3) is 0 Å². The van der Waals surface area contributed by atoms with Crippen molar-refractivity contribution in [3.05, 3.63) is 54.1 Å². The number of carbonyl (C=O) groups is 2. The lowest BCUT2D eigenvalue weighted by atomic mass is 9.83. The van der Waals surface area contributed by atoms with Crippen molar-refractivity contribution in [2.24, 2.45) is 5.92 Å². The SMILES string of the molecule is COc1ccc(N2C(=O)CC[C@H](C(=O)[O-])[C@@H]2c2ccccc2OC)cc1. The van der Waals surface area contributed by atoms with E-state index >= 15 is 0 Å². The molecule has 0 aromatic heterocycles. The predicted molar refractivity (Wildman–Crippen MR) is 93.9 cm³/mol.